The molecule has 1 aromatic rings. The number of carboxylic acid groups (broad SMARTS) is 1. The van der Waals surface area contributed by atoms with Crippen LogP contribution in [0.2, 0.25) is 0 Å². The van der Waals surface area contributed by atoms with E-state index in [1.54, 1.807) is 17.0 Å². The molecule has 2 unspecified atom stereocenters. The van der Waals surface area contributed by atoms with E-state index in [-0.39, 0.29) is 35.8 Å². The van der Waals surface area contributed by atoms with Gasteiger partial charge >= 0.3 is 5.97 Å². The van der Waals surface area contributed by atoms with Crippen LogP contribution in [0.25, 0.3) is 0 Å². The molecule has 1 aromatic carbocycles. The van der Waals surface area contributed by atoms with Crippen molar-refractivity contribution >= 4 is 17.8 Å². The summed E-state index contributed by atoms with van der Waals surface area (Å²) in [4.78, 5) is 36.4. The lowest BCUT2D eigenvalue weighted by molar-refractivity contribution is -0.136. The third kappa shape index (κ3) is 3.63. The van der Waals surface area contributed by atoms with E-state index < -0.39 is 5.97 Å². The van der Waals surface area contributed by atoms with E-state index in [1.165, 1.54) is 12.1 Å². The van der Waals surface area contributed by atoms with Gasteiger partial charge in [-0.1, -0.05) is 12.1 Å². The fraction of sp³-hybridized carbons (Fsp3) is 0.438. The first-order valence-electron chi connectivity index (χ1n) is 7.29. The molecule has 6 nitrogen and oxygen atoms in total. The first-order valence-corrected chi connectivity index (χ1v) is 7.29. The number of carbonyl (C=O) groups excluding carboxylic acids is 2. The Morgan fingerprint density at radius 1 is 1.32 bits per heavy atom. The Kier molecular flexibility index (Phi) is 4.80. The van der Waals surface area contributed by atoms with Crippen LogP contribution in [0.4, 0.5) is 0 Å². The van der Waals surface area contributed by atoms with Crippen LogP contribution in [-0.2, 0) is 16.0 Å². The summed E-state index contributed by atoms with van der Waals surface area (Å²) in [6.07, 6.45) is 1.57. The standard InChI is InChI=1S/C16H20N2O4/c1-10-5-6-13(15(17)20)9-18(10)14(19)8-11-3-2-4-12(7-11)16(21)22/h2-4,7,10,13H,5-6,8-9H2,1H3,(H2,17,20)(H,21,22). The topological polar surface area (TPSA) is 101 Å². The van der Waals surface area contributed by atoms with Crippen molar-refractivity contribution in [1.82, 2.24) is 4.90 Å². The van der Waals surface area contributed by atoms with Gasteiger partial charge in [0.25, 0.3) is 0 Å². The van der Waals surface area contributed by atoms with Crippen molar-refractivity contribution in [2.75, 3.05) is 6.54 Å². The normalized spacial score (nSPS) is 21.4. The van der Waals surface area contributed by atoms with Gasteiger partial charge in [-0.2, -0.15) is 0 Å². The molecule has 0 spiro atoms. The molecule has 1 aliphatic rings. The van der Waals surface area contributed by atoms with Gasteiger partial charge in [0.2, 0.25) is 11.8 Å². The van der Waals surface area contributed by atoms with Gasteiger partial charge in [0.1, 0.15) is 0 Å². The molecule has 0 saturated carbocycles. The fourth-order valence-electron chi connectivity index (χ4n) is 2.78. The van der Waals surface area contributed by atoms with E-state index in [1.807, 2.05) is 6.92 Å². The Labute approximate surface area is 128 Å². The quantitative estimate of drug-likeness (QED) is 0.867. The van der Waals surface area contributed by atoms with Gasteiger partial charge < -0.3 is 15.7 Å². The molecule has 1 aliphatic heterocycles. The van der Waals surface area contributed by atoms with Crippen LogP contribution >= 0.6 is 0 Å². The molecule has 6 heteroatoms. The predicted octanol–water partition coefficient (Wildman–Crippen LogP) is 1.04. The van der Waals surface area contributed by atoms with Gasteiger partial charge in [0.05, 0.1) is 17.9 Å². The summed E-state index contributed by atoms with van der Waals surface area (Å²) >= 11 is 0. The Morgan fingerprint density at radius 3 is 2.68 bits per heavy atom. The molecular weight excluding hydrogens is 284 g/mol. The third-order valence-electron chi connectivity index (χ3n) is 4.13. The number of nitrogens with two attached hydrogens (primary N) is 1. The van der Waals surface area contributed by atoms with Crippen LogP contribution < -0.4 is 5.73 Å². The summed E-state index contributed by atoms with van der Waals surface area (Å²) < 4.78 is 0. The number of aromatic carboxylic acids is 1. The molecule has 0 aromatic heterocycles. The van der Waals surface area contributed by atoms with Crippen molar-refractivity contribution in [3.8, 4) is 0 Å². The maximum absolute atomic E-state index is 12.5. The average Bonchev–Trinajstić information content (AvgIpc) is 2.47. The van der Waals surface area contributed by atoms with E-state index >= 15 is 0 Å². The highest BCUT2D eigenvalue weighted by atomic mass is 16.4. The Morgan fingerprint density at radius 2 is 2.05 bits per heavy atom. The molecule has 1 saturated heterocycles. The molecule has 1 fully saturated rings. The van der Waals surface area contributed by atoms with Crippen LogP contribution in [0.15, 0.2) is 24.3 Å². The van der Waals surface area contributed by atoms with Crippen molar-refractivity contribution in [2.24, 2.45) is 11.7 Å². The number of rotatable bonds is 4. The summed E-state index contributed by atoms with van der Waals surface area (Å²) in [7, 11) is 0. The first kappa shape index (κ1) is 16.0. The number of primary amides is 1. The largest absolute Gasteiger partial charge is 0.478 e. The number of hydrogen-bond donors (Lipinski definition) is 2. The summed E-state index contributed by atoms with van der Waals surface area (Å²) in [5.41, 5.74) is 6.15. The highest BCUT2D eigenvalue weighted by molar-refractivity contribution is 5.88. The molecule has 118 valence electrons. The van der Waals surface area contributed by atoms with Crippen molar-refractivity contribution < 1.29 is 19.5 Å². The SMILES string of the molecule is CC1CCC(C(N)=O)CN1C(=O)Cc1cccc(C(=O)O)c1. The second-order valence-corrected chi connectivity index (χ2v) is 5.75. The number of carboxylic acids is 1. The van der Waals surface area contributed by atoms with Crippen LogP contribution in [0, 0.1) is 5.92 Å². The predicted molar refractivity (Wildman–Crippen MR) is 80.2 cm³/mol. The summed E-state index contributed by atoms with van der Waals surface area (Å²) in [6.45, 7) is 2.29. The molecule has 0 aliphatic carbocycles. The van der Waals surface area contributed by atoms with Crippen molar-refractivity contribution in [3.63, 3.8) is 0 Å². The second kappa shape index (κ2) is 6.60. The summed E-state index contributed by atoms with van der Waals surface area (Å²) in [6, 6.07) is 6.40. The van der Waals surface area contributed by atoms with Gasteiger partial charge in [-0.05, 0) is 37.5 Å². The van der Waals surface area contributed by atoms with Gasteiger partial charge in [-0.3, -0.25) is 9.59 Å². The number of piperidine rings is 1. The maximum atomic E-state index is 12.5. The summed E-state index contributed by atoms with van der Waals surface area (Å²) in [5, 5.41) is 8.98. The maximum Gasteiger partial charge on any atom is 0.335 e. The summed E-state index contributed by atoms with van der Waals surface area (Å²) in [5.74, 6) is -1.81. The third-order valence-corrected chi connectivity index (χ3v) is 4.13. The molecule has 3 N–H and O–H groups in total. The smallest absolute Gasteiger partial charge is 0.335 e. The zero-order valence-corrected chi connectivity index (χ0v) is 12.5. The molecule has 1 heterocycles. The number of hydrogen-bond acceptors (Lipinski definition) is 3. The minimum absolute atomic E-state index is 0.0609. The van der Waals surface area contributed by atoms with Gasteiger partial charge in [-0.15, -0.1) is 0 Å². The lowest BCUT2D eigenvalue weighted by atomic mass is 9.92. The number of likely N-dealkylation sites (tertiary alicyclic amines) is 1. The number of amides is 2. The van der Waals surface area contributed by atoms with Crippen LogP contribution in [0.1, 0.15) is 35.7 Å². The van der Waals surface area contributed by atoms with E-state index in [9.17, 15) is 14.4 Å². The zero-order valence-electron chi connectivity index (χ0n) is 12.5. The minimum atomic E-state index is -1.02. The molecule has 2 amide bonds. The zero-order chi connectivity index (χ0) is 16.3. The molecule has 0 radical (unpaired) electrons. The number of benzene rings is 1. The number of nitrogens with zero attached hydrogens (tertiary/aromatic N) is 1. The van der Waals surface area contributed by atoms with Gasteiger partial charge in [0.15, 0.2) is 0 Å². The van der Waals surface area contributed by atoms with E-state index in [2.05, 4.69) is 0 Å². The fourth-order valence-corrected chi connectivity index (χ4v) is 2.78. The van der Waals surface area contributed by atoms with Gasteiger partial charge in [-0.25, -0.2) is 4.79 Å². The van der Waals surface area contributed by atoms with Crippen LogP contribution in [0.3, 0.4) is 0 Å². The van der Waals surface area contributed by atoms with E-state index in [4.69, 9.17) is 10.8 Å². The molecular formula is C16H20N2O4. The molecule has 0 bridgehead atoms. The van der Waals surface area contributed by atoms with Gasteiger partial charge in [0, 0.05) is 12.6 Å². The highest BCUT2D eigenvalue weighted by Crippen LogP contribution is 2.22. The molecule has 22 heavy (non-hydrogen) atoms. The van der Waals surface area contributed by atoms with Crippen molar-refractivity contribution in [1.29, 1.82) is 0 Å². The van der Waals surface area contributed by atoms with Crippen molar-refractivity contribution in [3.05, 3.63) is 35.4 Å². The van der Waals surface area contributed by atoms with Crippen LogP contribution in [-0.4, -0.2) is 40.4 Å². The molecule has 2 rings (SSSR count). The van der Waals surface area contributed by atoms with E-state index in [0.717, 1.165) is 6.42 Å². The highest BCUT2D eigenvalue weighted by Gasteiger charge is 2.31. The van der Waals surface area contributed by atoms with Crippen molar-refractivity contribution in [2.45, 2.75) is 32.2 Å². The second-order valence-electron chi connectivity index (χ2n) is 5.75. The average molecular weight is 304 g/mol. The Hall–Kier alpha value is -2.37. The lowest BCUT2D eigenvalue weighted by Crippen LogP contribution is -2.49. The monoisotopic (exact) mass is 304 g/mol. The lowest BCUT2D eigenvalue weighted by Gasteiger charge is -2.37. The first-order chi connectivity index (χ1) is 10.4. The Balaban J connectivity index is 2.09. The minimum Gasteiger partial charge on any atom is -0.478 e. The van der Waals surface area contributed by atoms with E-state index in [0.29, 0.717) is 18.5 Å². The number of carbonyl (C=O) groups is 3. The van der Waals surface area contributed by atoms with Crippen LogP contribution in [0.5, 0.6) is 0 Å². The molecule has 2 atom stereocenters. The Bertz CT molecular complexity index is 600.